The number of aromatic nitrogens is 2. The molecule has 0 saturated carbocycles. The van der Waals surface area contributed by atoms with Crippen LogP contribution >= 0.6 is 0 Å². The van der Waals surface area contributed by atoms with Crippen LogP contribution in [0.25, 0.3) is 22.2 Å². The molecule has 0 fully saturated rings. The number of H-pyrrole nitrogens is 1. The van der Waals surface area contributed by atoms with Crippen molar-refractivity contribution in [3.05, 3.63) is 94.4 Å². The van der Waals surface area contributed by atoms with Crippen LogP contribution in [0.1, 0.15) is 16.1 Å². The van der Waals surface area contributed by atoms with Crippen LogP contribution in [0.5, 0.6) is 0 Å². The molecule has 0 atom stereocenters. The minimum Gasteiger partial charge on any atom is -0.353 e. The number of anilines is 1. The highest BCUT2D eigenvalue weighted by molar-refractivity contribution is 6.07. The summed E-state index contributed by atoms with van der Waals surface area (Å²) < 4.78 is 39.2. The number of hydrogen-bond acceptors (Lipinski definition) is 3. The van der Waals surface area contributed by atoms with E-state index in [1.807, 2.05) is 0 Å². The monoisotopic (exact) mass is 409 g/mol. The third-order valence-electron chi connectivity index (χ3n) is 4.51. The predicted octanol–water partition coefficient (Wildman–Crippen LogP) is 4.86. The molecule has 0 spiro atoms. The number of carbonyl (C=O) groups is 1. The van der Waals surface area contributed by atoms with Crippen molar-refractivity contribution in [2.75, 3.05) is 5.32 Å². The molecular formula is C22H14F3N3O2. The van der Waals surface area contributed by atoms with Crippen molar-refractivity contribution < 1.29 is 18.0 Å². The quantitative estimate of drug-likeness (QED) is 0.507. The first kappa shape index (κ1) is 19.4. The van der Waals surface area contributed by atoms with E-state index in [9.17, 15) is 22.8 Å². The third kappa shape index (κ3) is 3.80. The number of carbonyl (C=O) groups excluding carboxylic acids is 1. The van der Waals surface area contributed by atoms with Gasteiger partial charge in [-0.05, 0) is 42.0 Å². The average molecular weight is 409 g/mol. The topological polar surface area (TPSA) is 74.8 Å². The van der Waals surface area contributed by atoms with Gasteiger partial charge in [-0.1, -0.05) is 24.3 Å². The van der Waals surface area contributed by atoms with Crippen molar-refractivity contribution in [1.82, 2.24) is 9.97 Å². The molecule has 0 aliphatic rings. The molecule has 5 nitrogen and oxygen atoms in total. The first-order valence-corrected chi connectivity index (χ1v) is 8.89. The van der Waals surface area contributed by atoms with E-state index in [0.717, 1.165) is 12.1 Å². The molecule has 0 aliphatic carbocycles. The zero-order valence-electron chi connectivity index (χ0n) is 15.3. The largest absolute Gasteiger partial charge is 0.416 e. The molecule has 2 aromatic heterocycles. The number of benzene rings is 2. The highest BCUT2D eigenvalue weighted by Gasteiger charge is 2.30. The summed E-state index contributed by atoms with van der Waals surface area (Å²) in [5.41, 5.74) is 0.0113. The summed E-state index contributed by atoms with van der Waals surface area (Å²) in [6, 6.07) is 15.6. The molecule has 2 heterocycles. The van der Waals surface area contributed by atoms with Gasteiger partial charge in [0.15, 0.2) is 5.43 Å². The van der Waals surface area contributed by atoms with E-state index < -0.39 is 17.6 Å². The summed E-state index contributed by atoms with van der Waals surface area (Å²) in [5, 5.41) is 2.99. The van der Waals surface area contributed by atoms with Crippen LogP contribution in [0, 0.1) is 0 Å². The minimum absolute atomic E-state index is 0.186. The van der Waals surface area contributed by atoms with Gasteiger partial charge in [0.25, 0.3) is 5.91 Å². The zero-order chi connectivity index (χ0) is 21.3. The van der Waals surface area contributed by atoms with Crippen molar-refractivity contribution in [3.63, 3.8) is 0 Å². The fraction of sp³-hybridized carbons (Fsp3) is 0.0455. The van der Waals surface area contributed by atoms with Gasteiger partial charge in [0.1, 0.15) is 5.69 Å². The normalized spacial score (nSPS) is 11.4. The van der Waals surface area contributed by atoms with E-state index in [1.165, 1.54) is 30.5 Å². The van der Waals surface area contributed by atoms with E-state index in [0.29, 0.717) is 16.6 Å². The summed E-state index contributed by atoms with van der Waals surface area (Å²) in [7, 11) is 0. The molecular weight excluding hydrogens is 395 g/mol. The molecule has 0 saturated heterocycles. The van der Waals surface area contributed by atoms with Crippen molar-refractivity contribution in [2.24, 2.45) is 0 Å². The molecule has 0 bridgehead atoms. The molecule has 1 amide bonds. The number of nitrogens with zero attached hydrogens (tertiary/aromatic N) is 1. The highest BCUT2D eigenvalue weighted by Crippen LogP contribution is 2.32. The maximum absolute atomic E-state index is 13.1. The van der Waals surface area contributed by atoms with Crippen LogP contribution < -0.4 is 10.7 Å². The molecule has 8 heteroatoms. The summed E-state index contributed by atoms with van der Waals surface area (Å²) in [6.45, 7) is 0. The smallest absolute Gasteiger partial charge is 0.353 e. The van der Waals surface area contributed by atoms with Gasteiger partial charge in [-0.15, -0.1) is 0 Å². The Kier molecular flexibility index (Phi) is 4.83. The van der Waals surface area contributed by atoms with Crippen molar-refractivity contribution >= 4 is 22.5 Å². The van der Waals surface area contributed by atoms with Gasteiger partial charge in [0.2, 0.25) is 0 Å². The lowest BCUT2D eigenvalue weighted by molar-refractivity contribution is -0.137. The number of halogens is 3. The molecule has 30 heavy (non-hydrogen) atoms. The Balaban J connectivity index is 1.81. The molecule has 0 unspecified atom stereocenters. The van der Waals surface area contributed by atoms with E-state index in [4.69, 9.17) is 0 Å². The maximum Gasteiger partial charge on any atom is 0.416 e. The van der Waals surface area contributed by atoms with Gasteiger partial charge in [0, 0.05) is 23.3 Å². The number of nitrogens with one attached hydrogen (secondary N) is 2. The fourth-order valence-electron chi connectivity index (χ4n) is 3.08. The lowest BCUT2D eigenvalue weighted by Gasteiger charge is -2.12. The Morgan fingerprint density at radius 1 is 0.967 bits per heavy atom. The van der Waals surface area contributed by atoms with Crippen molar-refractivity contribution in [1.29, 1.82) is 0 Å². The number of amides is 1. The molecule has 4 rings (SSSR count). The fourth-order valence-corrected chi connectivity index (χ4v) is 3.08. The number of alkyl halides is 3. The molecule has 0 aliphatic heterocycles. The molecule has 0 radical (unpaired) electrons. The Labute approximate surface area is 168 Å². The van der Waals surface area contributed by atoms with Gasteiger partial charge in [-0.25, -0.2) is 0 Å². The summed E-state index contributed by atoms with van der Waals surface area (Å²) in [5.74, 6) is -0.478. The van der Waals surface area contributed by atoms with Crippen LogP contribution in [0.4, 0.5) is 18.9 Å². The van der Waals surface area contributed by atoms with Crippen LogP contribution in [-0.4, -0.2) is 15.9 Å². The van der Waals surface area contributed by atoms with Gasteiger partial charge in [-0.3, -0.25) is 14.6 Å². The van der Waals surface area contributed by atoms with E-state index in [2.05, 4.69) is 15.3 Å². The molecule has 2 aromatic carbocycles. The number of fused-ring (bicyclic) bond motifs is 1. The Morgan fingerprint density at radius 3 is 2.50 bits per heavy atom. The van der Waals surface area contributed by atoms with E-state index >= 15 is 0 Å². The zero-order valence-corrected chi connectivity index (χ0v) is 15.3. The van der Waals surface area contributed by atoms with E-state index in [1.54, 1.807) is 30.3 Å². The number of pyridine rings is 2. The Morgan fingerprint density at radius 2 is 1.77 bits per heavy atom. The predicted molar refractivity (Wildman–Crippen MR) is 107 cm³/mol. The first-order valence-electron chi connectivity index (χ1n) is 8.89. The highest BCUT2D eigenvalue weighted by atomic mass is 19.4. The average Bonchev–Trinajstić information content (AvgIpc) is 2.74. The molecule has 4 aromatic rings. The second kappa shape index (κ2) is 7.47. The number of para-hydroxylation sites is 1. The number of rotatable bonds is 3. The summed E-state index contributed by atoms with van der Waals surface area (Å²) >= 11 is 0. The van der Waals surface area contributed by atoms with Crippen molar-refractivity contribution in [2.45, 2.75) is 6.18 Å². The second-order valence-corrected chi connectivity index (χ2v) is 6.52. The molecule has 2 N–H and O–H groups in total. The van der Waals surface area contributed by atoms with E-state index in [-0.39, 0.29) is 22.4 Å². The van der Waals surface area contributed by atoms with Gasteiger partial charge in [-0.2, -0.15) is 13.2 Å². The van der Waals surface area contributed by atoms with Gasteiger partial charge >= 0.3 is 6.18 Å². The first-order chi connectivity index (χ1) is 14.3. The lowest BCUT2D eigenvalue weighted by atomic mass is 10.1. The van der Waals surface area contributed by atoms with Gasteiger partial charge in [0.05, 0.1) is 16.8 Å². The summed E-state index contributed by atoms with van der Waals surface area (Å²) in [6.07, 6.45) is -3.03. The van der Waals surface area contributed by atoms with Crippen LogP contribution in [0.3, 0.4) is 0 Å². The SMILES string of the molecule is O=C(Nc1cccc2c(=O)cc(-c3cccc(C(F)(F)F)c3)[nH]c12)c1ccccn1. The van der Waals surface area contributed by atoms with Gasteiger partial charge < -0.3 is 10.3 Å². The number of aromatic amines is 1. The van der Waals surface area contributed by atoms with Crippen LogP contribution in [-0.2, 0) is 6.18 Å². The maximum atomic E-state index is 13.1. The van der Waals surface area contributed by atoms with Crippen LogP contribution in [0.15, 0.2) is 77.7 Å². The minimum atomic E-state index is -4.50. The second-order valence-electron chi connectivity index (χ2n) is 6.52. The van der Waals surface area contributed by atoms with Crippen LogP contribution in [0.2, 0.25) is 0 Å². The third-order valence-corrected chi connectivity index (χ3v) is 4.51. The summed E-state index contributed by atoms with van der Waals surface area (Å²) in [4.78, 5) is 32.0. The Hall–Kier alpha value is -3.94. The number of hydrogen-bond donors (Lipinski definition) is 2. The lowest BCUT2D eigenvalue weighted by Crippen LogP contribution is -2.15. The standard InChI is InChI=1S/C22H14F3N3O2/c23-22(24,25)14-6-3-5-13(11-14)18-12-19(29)15-7-4-9-16(20(15)27-18)28-21(30)17-8-1-2-10-26-17/h1-12H,(H,27,29)(H,28,30). The Bertz CT molecular complexity index is 1300. The van der Waals surface area contributed by atoms with Crippen molar-refractivity contribution in [3.8, 4) is 11.3 Å². The molecule has 150 valence electrons.